The van der Waals surface area contributed by atoms with Crippen molar-refractivity contribution < 1.29 is 24.9 Å². The summed E-state index contributed by atoms with van der Waals surface area (Å²) < 4.78 is 0. The van der Waals surface area contributed by atoms with E-state index in [-0.39, 0.29) is 25.3 Å². The number of rotatable bonds is 7. The number of anilines is 1. The van der Waals surface area contributed by atoms with Crippen molar-refractivity contribution in [3.63, 3.8) is 0 Å². The monoisotopic (exact) mass is 251 g/mol. The van der Waals surface area contributed by atoms with Gasteiger partial charge in [0.1, 0.15) is 18.0 Å². The van der Waals surface area contributed by atoms with Crippen molar-refractivity contribution in [1.82, 2.24) is 0 Å². The lowest BCUT2D eigenvalue weighted by Crippen LogP contribution is -3.07. The van der Waals surface area contributed by atoms with Gasteiger partial charge in [-0.25, -0.2) is 0 Å². The van der Waals surface area contributed by atoms with Gasteiger partial charge in [-0.05, 0) is 12.1 Å². The van der Waals surface area contributed by atoms with Crippen molar-refractivity contribution >= 4 is 17.3 Å². The highest BCUT2D eigenvalue weighted by atomic mass is 17.1. The number of benzene rings is 1. The third kappa shape index (κ3) is 4.44. The van der Waals surface area contributed by atoms with Gasteiger partial charge in [-0.2, -0.15) is 0 Å². The number of carboxylic acids is 1. The lowest BCUT2D eigenvalue weighted by atomic mass is 10.2. The third-order valence-corrected chi connectivity index (χ3v) is 2.48. The van der Waals surface area contributed by atoms with Crippen molar-refractivity contribution in [1.29, 1.82) is 0 Å². The molecule has 1 atom stereocenters. The van der Waals surface area contributed by atoms with Crippen LogP contribution in [0.3, 0.4) is 0 Å². The Bertz CT molecular complexity index is 417. The SMILES string of the molecule is C=C(C[NH+](CCC(=O)[O-])c1ccc(N)cc1)O[O-]. The molecule has 0 fully saturated rings. The molecule has 0 aliphatic carbocycles. The number of hydrogen-bond acceptors (Lipinski definition) is 5. The predicted molar refractivity (Wildman–Crippen MR) is 61.1 cm³/mol. The molecule has 0 heterocycles. The van der Waals surface area contributed by atoms with Crippen LogP contribution < -0.4 is 21.0 Å². The van der Waals surface area contributed by atoms with Gasteiger partial charge in [-0.1, -0.05) is 6.58 Å². The molecule has 1 rings (SSSR count). The molecule has 3 N–H and O–H groups in total. The van der Waals surface area contributed by atoms with Gasteiger partial charge in [0.2, 0.25) is 0 Å². The number of nitrogens with one attached hydrogen (secondary N) is 1. The van der Waals surface area contributed by atoms with Crippen molar-refractivity contribution in [2.24, 2.45) is 0 Å². The molecule has 6 nitrogen and oxygen atoms in total. The lowest BCUT2D eigenvalue weighted by molar-refractivity contribution is -0.834. The summed E-state index contributed by atoms with van der Waals surface area (Å²) in [6, 6.07) is 6.93. The summed E-state index contributed by atoms with van der Waals surface area (Å²) in [5, 5.41) is 20.7. The molecule has 0 bridgehead atoms. The summed E-state index contributed by atoms with van der Waals surface area (Å²) in [6.45, 7) is 3.91. The Labute approximate surface area is 105 Å². The maximum absolute atomic E-state index is 10.5. The first-order valence-corrected chi connectivity index (χ1v) is 5.41. The average Bonchev–Trinajstić information content (AvgIpc) is 2.35. The molecular weight excluding hydrogens is 236 g/mol. The maximum Gasteiger partial charge on any atom is 0.139 e. The van der Waals surface area contributed by atoms with E-state index in [1.807, 2.05) is 0 Å². The zero-order valence-electron chi connectivity index (χ0n) is 9.85. The Hall–Kier alpha value is -2.05. The Morgan fingerprint density at radius 1 is 1.39 bits per heavy atom. The first kappa shape index (κ1) is 14.0. The summed E-state index contributed by atoms with van der Waals surface area (Å²) >= 11 is 0. The van der Waals surface area contributed by atoms with Crippen molar-refractivity contribution in [2.45, 2.75) is 6.42 Å². The zero-order chi connectivity index (χ0) is 13.5. The Morgan fingerprint density at radius 3 is 2.50 bits per heavy atom. The highest BCUT2D eigenvalue weighted by Gasteiger charge is 2.13. The Morgan fingerprint density at radius 2 is 2.00 bits per heavy atom. The fourth-order valence-corrected chi connectivity index (χ4v) is 1.57. The molecule has 0 aromatic heterocycles. The number of nitrogen functional groups attached to an aromatic ring is 1. The van der Waals surface area contributed by atoms with E-state index in [2.05, 4.69) is 11.5 Å². The molecular formula is C12H15N2O4-. The van der Waals surface area contributed by atoms with Gasteiger partial charge in [0.05, 0.1) is 6.54 Å². The molecule has 0 saturated heterocycles. The van der Waals surface area contributed by atoms with Gasteiger partial charge < -0.3 is 25.8 Å². The first-order chi connectivity index (χ1) is 8.52. The van der Waals surface area contributed by atoms with Crippen LogP contribution in [0, 0.1) is 0 Å². The molecule has 6 heteroatoms. The van der Waals surface area contributed by atoms with Crippen LogP contribution in [-0.2, 0) is 9.68 Å². The van der Waals surface area contributed by atoms with Crippen LogP contribution in [0.25, 0.3) is 0 Å². The number of hydrogen-bond donors (Lipinski definition) is 2. The molecule has 0 radical (unpaired) electrons. The fraction of sp³-hybridized carbons (Fsp3) is 0.250. The summed E-state index contributed by atoms with van der Waals surface area (Å²) in [6.07, 6.45) is -0.119. The van der Waals surface area contributed by atoms with Gasteiger partial charge >= 0.3 is 0 Å². The van der Waals surface area contributed by atoms with Crippen LogP contribution in [-0.4, -0.2) is 19.1 Å². The number of carboxylic acid groups (broad SMARTS) is 1. The molecule has 0 aliphatic rings. The predicted octanol–water partition coefficient (Wildman–Crippen LogP) is -2.27. The number of quaternary nitrogens is 1. The van der Waals surface area contributed by atoms with Gasteiger partial charge in [-0.15, -0.1) is 0 Å². The van der Waals surface area contributed by atoms with E-state index < -0.39 is 5.97 Å². The molecule has 1 aromatic rings. The van der Waals surface area contributed by atoms with Crippen LogP contribution in [0.1, 0.15) is 6.42 Å². The number of carbonyl (C=O) groups is 1. The first-order valence-electron chi connectivity index (χ1n) is 5.41. The quantitative estimate of drug-likeness (QED) is 0.246. The van der Waals surface area contributed by atoms with E-state index >= 15 is 0 Å². The van der Waals surface area contributed by atoms with E-state index in [0.717, 1.165) is 10.6 Å². The highest BCUT2D eigenvalue weighted by Crippen LogP contribution is 2.06. The number of carbonyl (C=O) groups excluding carboxylic acids is 1. The fourth-order valence-electron chi connectivity index (χ4n) is 1.57. The molecule has 0 spiro atoms. The molecule has 1 aromatic carbocycles. The second-order valence-corrected chi connectivity index (χ2v) is 3.90. The largest absolute Gasteiger partial charge is 0.664 e. The van der Waals surface area contributed by atoms with E-state index in [1.165, 1.54) is 0 Å². The topological polar surface area (TPSA) is 103 Å². The summed E-state index contributed by atoms with van der Waals surface area (Å²) in [4.78, 5) is 15.0. The van der Waals surface area contributed by atoms with Crippen LogP contribution in [0.15, 0.2) is 36.6 Å². The lowest BCUT2D eigenvalue weighted by Gasteiger charge is -2.21. The summed E-state index contributed by atoms with van der Waals surface area (Å²) in [5.41, 5.74) is 6.99. The standard InChI is InChI=1S/C12H16N2O4/c1-9(18-17)8-14(7-6-12(15)16)11-4-2-10(13)3-5-11/h2-5,17H,1,6-8,13H2,(H,15,16)/p-1. The van der Waals surface area contributed by atoms with Crippen molar-refractivity contribution in [3.05, 3.63) is 36.6 Å². The van der Waals surface area contributed by atoms with E-state index in [1.54, 1.807) is 24.3 Å². The maximum atomic E-state index is 10.5. The van der Waals surface area contributed by atoms with Gasteiger partial charge in [-0.3, -0.25) is 4.90 Å². The molecule has 0 saturated carbocycles. The third-order valence-electron chi connectivity index (χ3n) is 2.48. The van der Waals surface area contributed by atoms with Crippen LogP contribution in [0.5, 0.6) is 0 Å². The number of nitrogens with two attached hydrogens (primary N) is 1. The van der Waals surface area contributed by atoms with E-state index in [9.17, 15) is 15.2 Å². The molecule has 1 unspecified atom stereocenters. The molecule has 0 aliphatic heterocycles. The smallest absolute Gasteiger partial charge is 0.139 e. The minimum absolute atomic E-state index is 0.0418. The molecule has 18 heavy (non-hydrogen) atoms. The van der Waals surface area contributed by atoms with Crippen LogP contribution >= 0.6 is 0 Å². The van der Waals surface area contributed by atoms with Gasteiger partial charge in [0.15, 0.2) is 0 Å². The summed E-state index contributed by atoms with van der Waals surface area (Å²) in [7, 11) is 0. The Kier molecular flexibility index (Phi) is 5.16. The van der Waals surface area contributed by atoms with Crippen molar-refractivity contribution in [2.75, 3.05) is 18.8 Å². The second kappa shape index (κ2) is 6.63. The highest BCUT2D eigenvalue weighted by molar-refractivity contribution is 5.64. The normalized spacial score (nSPS) is 11.8. The van der Waals surface area contributed by atoms with Crippen LogP contribution in [0.2, 0.25) is 0 Å². The van der Waals surface area contributed by atoms with Gasteiger partial charge in [0.25, 0.3) is 0 Å². The minimum Gasteiger partial charge on any atom is -0.664 e. The van der Waals surface area contributed by atoms with Crippen LogP contribution in [0.4, 0.5) is 11.4 Å². The molecule has 0 amide bonds. The Balaban J connectivity index is 2.78. The average molecular weight is 251 g/mol. The summed E-state index contributed by atoms with van der Waals surface area (Å²) in [5.74, 6) is -1.10. The second-order valence-electron chi connectivity index (χ2n) is 3.90. The molecule has 98 valence electrons. The van der Waals surface area contributed by atoms with E-state index in [4.69, 9.17) is 5.73 Å². The van der Waals surface area contributed by atoms with Gasteiger partial charge in [0, 0.05) is 30.2 Å². The minimum atomic E-state index is -1.14. The zero-order valence-corrected chi connectivity index (χ0v) is 9.85. The van der Waals surface area contributed by atoms with E-state index in [0.29, 0.717) is 5.69 Å². The number of aliphatic carboxylic acids is 1. The van der Waals surface area contributed by atoms with Crippen molar-refractivity contribution in [3.8, 4) is 0 Å².